The highest BCUT2D eigenvalue weighted by Gasteiger charge is 2.28. The molecular formula is C11H16N2O4S. The van der Waals surface area contributed by atoms with Crippen LogP contribution in [0.5, 0.6) is 0 Å². The van der Waals surface area contributed by atoms with Crippen LogP contribution in [0.4, 0.5) is 11.4 Å². The molecule has 6 nitrogen and oxygen atoms in total. The van der Waals surface area contributed by atoms with Gasteiger partial charge in [-0.15, -0.1) is 0 Å². The Balaban J connectivity index is 2.95. The van der Waals surface area contributed by atoms with E-state index in [0.29, 0.717) is 11.4 Å². The van der Waals surface area contributed by atoms with Crippen LogP contribution in [0.1, 0.15) is 12.5 Å². The molecule has 18 heavy (non-hydrogen) atoms. The van der Waals surface area contributed by atoms with Gasteiger partial charge < -0.3 is 10.5 Å². The highest BCUT2D eigenvalue weighted by atomic mass is 32.2. The molecule has 0 aliphatic heterocycles. The van der Waals surface area contributed by atoms with Crippen LogP contribution in [0.2, 0.25) is 0 Å². The van der Waals surface area contributed by atoms with E-state index in [0.717, 1.165) is 12.7 Å². The van der Waals surface area contributed by atoms with Crippen LogP contribution in [0.15, 0.2) is 18.2 Å². The van der Waals surface area contributed by atoms with Crippen LogP contribution in [0, 0.1) is 6.92 Å². The van der Waals surface area contributed by atoms with Crippen molar-refractivity contribution in [2.45, 2.75) is 19.1 Å². The van der Waals surface area contributed by atoms with Gasteiger partial charge in [-0.25, -0.2) is 8.42 Å². The zero-order valence-corrected chi connectivity index (χ0v) is 11.2. The third-order valence-electron chi connectivity index (χ3n) is 2.53. The molecule has 1 aromatic carbocycles. The van der Waals surface area contributed by atoms with Gasteiger partial charge in [0.25, 0.3) is 0 Å². The molecule has 0 bridgehead atoms. The summed E-state index contributed by atoms with van der Waals surface area (Å²) in [5.41, 5.74) is 7.31. The molecule has 1 unspecified atom stereocenters. The lowest BCUT2D eigenvalue weighted by molar-refractivity contribution is -0.139. The second-order valence-corrected chi connectivity index (χ2v) is 5.89. The predicted octanol–water partition coefficient (Wildman–Crippen LogP) is 0.880. The molecule has 0 amide bonds. The molecule has 3 N–H and O–H groups in total. The summed E-state index contributed by atoms with van der Waals surface area (Å²) in [6.45, 7) is 3.02. The Kier molecular flexibility index (Phi) is 4.18. The largest absolute Gasteiger partial charge is 0.468 e. The average Bonchev–Trinajstić information content (AvgIpc) is 2.31. The van der Waals surface area contributed by atoms with Gasteiger partial charge in [0.15, 0.2) is 5.25 Å². The van der Waals surface area contributed by atoms with Crippen LogP contribution in [0.25, 0.3) is 0 Å². The summed E-state index contributed by atoms with van der Waals surface area (Å²) >= 11 is 0. The molecule has 0 aliphatic carbocycles. The maximum atomic E-state index is 11.9. The lowest BCUT2D eigenvalue weighted by atomic mass is 10.2. The smallest absolute Gasteiger partial charge is 0.325 e. The number of hydrogen-bond donors (Lipinski definition) is 2. The molecule has 0 spiro atoms. The standard InChI is InChI=1S/C11H16N2O4S/c1-7-6-9(4-5-10(7)12)13-18(15,16)8(2)11(14)17-3/h4-6,8,13H,12H2,1-3H3. The summed E-state index contributed by atoms with van der Waals surface area (Å²) in [5.74, 6) is -0.810. The minimum Gasteiger partial charge on any atom is -0.468 e. The fourth-order valence-corrected chi connectivity index (χ4v) is 2.27. The number of nitrogens with two attached hydrogens (primary N) is 1. The molecule has 1 atom stereocenters. The number of esters is 1. The number of hydrogen-bond acceptors (Lipinski definition) is 5. The van der Waals surface area contributed by atoms with Crippen molar-refractivity contribution < 1.29 is 17.9 Å². The molecule has 1 aromatic rings. The Morgan fingerprint density at radius 3 is 2.56 bits per heavy atom. The third-order valence-corrected chi connectivity index (χ3v) is 4.17. The highest BCUT2D eigenvalue weighted by molar-refractivity contribution is 7.94. The molecule has 0 saturated carbocycles. The van der Waals surface area contributed by atoms with Gasteiger partial charge in [-0.05, 0) is 37.6 Å². The molecular weight excluding hydrogens is 256 g/mol. The molecule has 1 rings (SSSR count). The first-order chi connectivity index (χ1) is 8.27. The summed E-state index contributed by atoms with van der Waals surface area (Å²) in [5, 5.41) is -1.28. The first kappa shape index (κ1) is 14.3. The van der Waals surface area contributed by atoms with Crippen LogP contribution >= 0.6 is 0 Å². The van der Waals surface area contributed by atoms with Crippen LogP contribution in [-0.4, -0.2) is 26.7 Å². The molecule has 100 valence electrons. The van der Waals surface area contributed by atoms with Crippen molar-refractivity contribution in [3.8, 4) is 0 Å². The van der Waals surface area contributed by atoms with E-state index in [4.69, 9.17) is 5.73 Å². The summed E-state index contributed by atoms with van der Waals surface area (Å²) < 4.78 is 30.4. The fourth-order valence-electron chi connectivity index (χ4n) is 1.28. The number of methoxy groups -OCH3 is 1. The van der Waals surface area contributed by atoms with Crippen molar-refractivity contribution in [1.29, 1.82) is 0 Å². The molecule has 0 aliphatic rings. The van der Waals surface area contributed by atoms with E-state index in [1.165, 1.54) is 13.0 Å². The normalized spacial score (nSPS) is 12.8. The minimum absolute atomic E-state index is 0.359. The van der Waals surface area contributed by atoms with Crippen molar-refractivity contribution in [2.24, 2.45) is 0 Å². The van der Waals surface area contributed by atoms with E-state index >= 15 is 0 Å². The Labute approximate surface area is 106 Å². The van der Waals surface area contributed by atoms with Gasteiger partial charge in [0, 0.05) is 11.4 Å². The summed E-state index contributed by atoms with van der Waals surface area (Å²) in [4.78, 5) is 11.2. The maximum Gasteiger partial charge on any atom is 0.325 e. The lowest BCUT2D eigenvalue weighted by Crippen LogP contribution is -2.33. The minimum atomic E-state index is -3.82. The first-order valence-corrected chi connectivity index (χ1v) is 6.78. The Bertz CT molecular complexity index is 554. The fraction of sp³-hybridized carbons (Fsp3) is 0.364. The van der Waals surface area contributed by atoms with Gasteiger partial charge in [-0.3, -0.25) is 9.52 Å². The number of nitrogen functional groups attached to an aromatic ring is 1. The SMILES string of the molecule is COC(=O)C(C)S(=O)(=O)Nc1ccc(N)c(C)c1. The third kappa shape index (κ3) is 3.13. The second kappa shape index (κ2) is 5.26. The van der Waals surface area contributed by atoms with Gasteiger partial charge in [0.1, 0.15) is 0 Å². The van der Waals surface area contributed by atoms with Crippen molar-refractivity contribution in [3.63, 3.8) is 0 Å². The topological polar surface area (TPSA) is 98.5 Å². The first-order valence-electron chi connectivity index (χ1n) is 5.23. The number of sulfonamides is 1. The van der Waals surface area contributed by atoms with Gasteiger partial charge in [-0.2, -0.15) is 0 Å². The number of carbonyl (C=O) groups is 1. The van der Waals surface area contributed by atoms with Crippen molar-refractivity contribution in [2.75, 3.05) is 17.6 Å². The van der Waals surface area contributed by atoms with Gasteiger partial charge in [-0.1, -0.05) is 0 Å². The second-order valence-electron chi connectivity index (χ2n) is 3.88. The van der Waals surface area contributed by atoms with Gasteiger partial charge >= 0.3 is 5.97 Å². The summed E-state index contributed by atoms with van der Waals surface area (Å²) in [6.07, 6.45) is 0. The summed E-state index contributed by atoms with van der Waals surface area (Å²) in [6, 6.07) is 4.72. The number of anilines is 2. The van der Waals surface area contributed by atoms with E-state index in [9.17, 15) is 13.2 Å². The Morgan fingerprint density at radius 1 is 1.44 bits per heavy atom. The number of aryl methyl sites for hydroxylation is 1. The van der Waals surface area contributed by atoms with Crippen molar-refractivity contribution in [3.05, 3.63) is 23.8 Å². The number of rotatable bonds is 4. The van der Waals surface area contributed by atoms with Gasteiger partial charge in [0.2, 0.25) is 10.0 Å². The highest BCUT2D eigenvalue weighted by Crippen LogP contribution is 2.18. The van der Waals surface area contributed by atoms with E-state index < -0.39 is 21.2 Å². The molecule has 0 saturated heterocycles. The van der Waals surface area contributed by atoms with E-state index in [-0.39, 0.29) is 0 Å². The van der Waals surface area contributed by atoms with Crippen LogP contribution < -0.4 is 10.5 Å². The molecule has 0 aromatic heterocycles. The number of benzene rings is 1. The zero-order valence-electron chi connectivity index (χ0n) is 10.4. The molecule has 0 heterocycles. The quantitative estimate of drug-likeness (QED) is 0.626. The lowest BCUT2D eigenvalue weighted by Gasteiger charge is -2.13. The Morgan fingerprint density at radius 2 is 2.06 bits per heavy atom. The maximum absolute atomic E-state index is 11.9. The van der Waals surface area contributed by atoms with Crippen LogP contribution in [0.3, 0.4) is 0 Å². The molecule has 0 fully saturated rings. The van der Waals surface area contributed by atoms with Crippen molar-refractivity contribution in [1.82, 2.24) is 0 Å². The van der Waals surface area contributed by atoms with Crippen molar-refractivity contribution >= 4 is 27.4 Å². The molecule has 0 radical (unpaired) electrons. The van der Waals surface area contributed by atoms with E-state index in [2.05, 4.69) is 9.46 Å². The van der Waals surface area contributed by atoms with E-state index in [1.54, 1.807) is 19.1 Å². The zero-order chi connectivity index (χ0) is 13.9. The van der Waals surface area contributed by atoms with E-state index in [1.807, 2.05) is 0 Å². The average molecular weight is 272 g/mol. The predicted molar refractivity (Wildman–Crippen MR) is 69.6 cm³/mol. The summed E-state index contributed by atoms with van der Waals surface area (Å²) in [7, 11) is -2.68. The number of carbonyl (C=O) groups excluding carboxylic acids is 1. The Hall–Kier alpha value is -1.76. The monoisotopic (exact) mass is 272 g/mol. The number of nitrogens with one attached hydrogen (secondary N) is 1. The van der Waals surface area contributed by atoms with Gasteiger partial charge in [0.05, 0.1) is 7.11 Å². The molecule has 7 heteroatoms. The number of ether oxygens (including phenoxy) is 1. The van der Waals surface area contributed by atoms with Crippen LogP contribution in [-0.2, 0) is 19.6 Å².